The lowest BCUT2D eigenvalue weighted by Gasteiger charge is -2.43. The van der Waals surface area contributed by atoms with Crippen molar-refractivity contribution in [3.63, 3.8) is 0 Å². The van der Waals surface area contributed by atoms with Crippen LogP contribution in [0.3, 0.4) is 0 Å². The smallest absolute Gasteiger partial charge is 0.370 e. The number of carbonyl (C=O) groups is 2. The van der Waals surface area contributed by atoms with E-state index in [0.717, 1.165) is 0 Å². The van der Waals surface area contributed by atoms with E-state index in [4.69, 9.17) is 0 Å². The molecule has 0 aromatic carbocycles. The highest BCUT2D eigenvalue weighted by Gasteiger charge is 2.44. The summed E-state index contributed by atoms with van der Waals surface area (Å²) in [5.41, 5.74) is -1.09. The van der Waals surface area contributed by atoms with Crippen molar-refractivity contribution in [2.45, 2.75) is 38.5 Å². The maximum Gasteiger partial charge on any atom is 0.411 e. The number of amides is 2. The van der Waals surface area contributed by atoms with E-state index in [1.165, 1.54) is 25.7 Å². The number of alkyl halides is 3. The van der Waals surface area contributed by atoms with Crippen molar-refractivity contribution < 1.29 is 27.5 Å². The summed E-state index contributed by atoms with van der Waals surface area (Å²) in [5, 5.41) is 2.51. The Hall–Kier alpha value is -1.31. The molecule has 0 saturated carbocycles. The topological polar surface area (TPSA) is 58.6 Å². The van der Waals surface area contributed by atoms with Gasteiger partial charge in [0.1, 0.15) is 18.2 Å². The summed E-state index contributed by atoms with van der Waals surface area (Å²) in [4.78, 5) is 24.9. The second kappa shape index (κ2) is 5.36. The van der Waals surface area contributed by atoms with Crippen LogP contribution in [0, 0.1) is 0 Å². The Kier molecular flexibility index (Phi) is 4.44. The number of nitrogens with one attached hydrogen (secondary N) is 1. The van der Waals surface area contributed by atoms with E-state index >= 15 is 0 Å². The van der Waals surface area contributed by atoms with E-state index in [9.17, 15) is 22.8 Å². The molecule has 110 valence electrons. The minimum absolute atomic E-state index is 0.0559. The average Bonchev–Trinajstić information content (AvgIpc) is 2.24. The van der Waals surface area contributed by atoms with Crippen LogP contribution < -0.4 is 5.32 Å². The SMILES string of the molecule is CC1NC(=O)C(C)(C)N(CCOCC(F)(F)F)C1=O. The molecule has 1 N–H and O–H groups in total. The number of carbonyl (C=O) groups excluding carboxylic acids is 2. The van der Waals surface area contributed by atoms with E-state index in [2.05, 4.69) is 10.1 Å². The molecule has 0 aromatic heterocycles. The number of hydrogen-bond donors (Lipinski definition) is 1. The molecule has 0 aliphatic carbocycles. The Morgan fingerprint density at radius 3 is 2.47 bits per heavy atom. The lowest BCUT2D eigenvalue weighted by molar-refractivity contribution is -0.177. The molecule has 1 heterocycles. The van der Waals surface area contributed by atoms with Crippen LogP contribution in [-0.2, 0) is 14.3 Å². The zero-order valence-corrected chi connectivity index (χ0v) is 11.0. The highest BCUT2D eigenvalue weighted by Crippen LogP contribution is 2.21. The highest BCUT2D eigenvalue weighted by atomic mass is 19.4. The highest BCUT2D eigenvalue weighted by molar-refractivity contribution is 5.99. The fourth-order valence-electron chi connectivity index (χ4n) is 1.80. The third kappa shape index (κ3) is 3.82. The van der Waals surface area contributed by atoms with E-state index < -0.39 is 24.4 Å². The van der Waals surface area contributed by atoms with E-state index in [1.807, 2.05) is 0 Å². The summed E-state index contributed by atoms with van der Waals surface area (Å²) in [6, 6.07) is -0.678. The molecule has 0 aromatic rings. The number of ether oxygens (including phenoxy) is 1. The van der Waals surface area contributed by atoms with Crippen molar-refractivity contribution in [2.24, 2.45) is 0 Å². The van der Waals surface area contributed by atoms with Crippen LogP contribution in [0.4, 0.5) is 13.2 Å². The van der Waals surface area contributed by atoms with Gasteiger partial charge in [-0.25, -0.2) is 0 Å². The van der Waals surface area contributed by atoms with E-state index in [-0.39, 0.29) is 25.0 Å². The maximum atomic E-state index is 11.9. The number of halogens is 3. The van der Waals surface area contributed by atoms with Crippen molar-refractivity contribution in [3.8, 4) is 0 Å². The summed E-state index contributed by atoms with van der Waals surface area (Å²) in [7, 11) is 0. The largest absolute Gasteiger partial charge is 0.411 e. The Morgan fingerprint density at radius 2 is 1.95 bits per heavy atom. The van der Waals surface area contributed by atoms with E-state index in [0.29, 0.717) is 0 Å². The monoisotopic (exact) mass is 282 g/mol. The molecule has 0 radical (unpaired) electrons. The second-order valence-electron chi connectivity index (χ2n) is 4.91. The minimum Gasteiger partial charge on any atom is -0.370 e. The van der Waals surface area contributed by atoms with Gasteiger partial charge in [0.15, 0.2) is 0 Å². The summed E-state index contributed by atoms with van der Waals surface area (Å²) in [6.07, 6.45) is -4.40. The van der Waals surface area contributed by atoms with Crippen molar-refractivity contribution >= 4 is 11.8 Å². The zero-order valence-electron chi connectivity index (χ0n) is 11.0. The number of hydrogen-bond acceptors (Lipinski definition) is 3. The Morgan fingerprint density at radius 1 is 1.37 bits per heavy atom. The second-order valence-corrected chi connectivity index (χ2v) is 4.91. The lowest BCUT2D eigenvalue weighted by atomic mass is 9.96. The van der Waals surface area contributed by atoms with Gasteiger partial charge in [-0.3, -0.25) is 9.59 Å². The quantitative estimate of drug-likeness (QED) is 0.772. The van der Waals surface area contributed by atoms with Gasteiger partial charge >= 0.3 is 6.18 Å². The molecule has 0 bridgehead atoms. The van der Waals surface area contributed by atoms with Gasteiger partial charge in [-0.1, -0.05) is 0 Å². The van der Waals surface area contributed by atoms with Crippen LogP contribution >= 0.6 is 0 Å². The standard InChI is InChI=1S/C11H17F3N2O3/c1-7-8(17)16(10(2,3)9(18)15-7)4-5-19-6-11(12,13)14/h7H,4-6H2,1-3H3,(H,15,18). The predicted molar refractivity (Wildman–Crippen MR) is 60.3 cm³/mol. The predicted octanol–water partition coefficient (Wildman–Crippen LogP) is 0.691. The molecule has 1 saturated heterocycles. The van der Waals surface area contributed by atoms with Crippen molar-refractivity contribution in [2.75, 3.05) is 19.8 Å². The maximum absolute atomic E-state index is 11.9. The summed E-state index contributed by atoms with van der Waals surface area (Å²) in [5.74, 6) is -0.671. The molecule has 0 spiro atoms. The van der Waals surface area contributed by atoms with Gasteiger partial charge in [0.25, 0.3) is 0 Å². The van der Waals surface area contributed by atoms with Gasteiger partial charge in [-0.2, -0.15) is 13.2 Å². The summed E-state index contributed by atoms with van der Waals surface area (Å²) < 4.78 is 40.2. The van der Waals surface area contributed by atoms with Gasteiger partial charge in [0.2, 0.25) is 11.8 Å². The van der Waals surface area contributed by atoms with Crippen molar-refractivity contribution in [1.82, 2.24) is 10.2 Å². The normalized spacial score (nSPS) is 23.5. The number of rotatable bonds is 4. The molecule has 19 heavy (non-hydrogen) atoms. The molecule has 1 rings (SSSR count). The summed E-state index contributed by atoms with van der Waals surface area (Å²) >= 11 is 0. The summed E-state index contributed by atoms with van der Waals surface area (Å²) in [6.45, 7) is 2.91. The Bertz CT molecular complexity index is 369. The van der Waals surface area contributed by atoms with E-state index in [1.54, 1.807) is 0 Å². The van der Waals surface area contributed by atoms with Gasteiger partial charge < -0.3 is 15.0 Å². The fourth-order valence-corrected chi connectivity index (χ4v) is 1.80. The first-order valence-electron chi connectivity index (χ1n) is 5.82. The molecule has 8 heteroatoms. The fraction of sp³-hybridized carbons (Fsp3) is 0.818. The first-order valence-corrected chi connectivity index (χ1v) is 5.82. The van der Waals surface area contributed by atoms with Crippen LogP contribution in [0.15, 0.2) is 0 Å². The van der Waals surface area contributed by atoms with Gasteiger partial charge in [-0.15, -0.1) is 0 Å². The molecule has 1 atom stereocenters. The molecule has 2 amide bonds. The molecule has 5 nitrogen and oxygen atoms in total. The molecule has 1 aliphatic heterocycles. The van der Waals surface area contributed by atoms with Crippen molar-refractivity contribution in [1.29, 1.82) is 0 Å². The third-order valence-corrected chi connectivity index (χ3v) is 2.94. The minimum atomic E-state index is -4.40. The van der Waals surface area contributed by atoms with Gasteiger partial charge in [-0.05, 0) is 20.8 Å². The van der Waals surface area contributed by atoms with Crippen LogP contribution in [-0.4, -0.2) is 54.2 Å². The van der Waals surface area contributed by atoms with Crippen LogP contribution in [0.25, 0.3) is 0 Å². The van der Waals surface area contributed by atoms with Crippen LogP contribution in [0.2, 0.25) is 0 Å². The van der Waals surface area contributed by atoms with Crippen LogP contribution in [0.5, 0.6) is 0 Å². The Balaban J connectivity index is 2.58. The molecular formula is C11H17F3N2O3. The van der Waals surface area contributed by atoms with Crippen molar-refractivity contribution in [3.05, 3.63) is 0 Å². The molecule has 1 unspecified atom stereocenters. The number of nitrogens with zero attached hydrogens (tertiary/aromatic N) is 1. The molecular weight excluding hydrogens is 265 g/mol. The molecule has 1 aliphatic rings. The molecule has 1 fully saturated rings. The van der Waals surface area contributed by atoms with Gasteiger partial charge in [0.05, 0.1) is 6.61 Å². The Labute approximate surface area is 109 Å². The first-order chi connectivity index (χ1) is 8.55. The van der Waals surface area contributed by atoms with Crippen LogP contribution in [0.1, 0.15) is 20.8 Å². The number of piperazine rings is 1. The zero-order chi connectivity index (χ0) is 14.8. The lowest BCUT2D eigenvalue weighted by Crippen LogP contribution is -2.68. The third-order valence-electron chi connectivity index (χ3n) is 2.94. The van der Waals surface area contributed by atoms with Gasteiger partial charge in [0, 0.05) is 6.54 Å². The average molecular weight is 282 g/mol. The first kappa shape index (κ1) is 15.7.